The van der Waals surface area contributed by atoms with Gasteiger partial charge in [0.15, 0.2) is 0 Å². The molecule has 0 saturated heterocycles. The molecule has 0 aliphatic rings. The maximum absolute atomic E-state index is 12.6. The molecule has 1 unspecified atom stereocenters. The second kappa shape index (κ2) is 8.64. The third-order valence-corrected chi connectivity index (χ3v) is 3.38. The summed E-state index contributed by atoms with van der Waals surface area (Å²) in [5, 5.41) is 0.385. The minimum absolute atomic E-state index is 0.228. The predicted octanol–water partition coefficient (Wildman–Crippen LogP) is 2.24. The highest BCUT2D eigenvalue weighted by Crippen LogP contribution is 2.18. The largest absolute Gasteiger partial charge is 0.469 e. The van der Waals surface area contributed by atoms with Crippen LogP contribution in [0.15, 0.2) is 24.3 Å². The average molecular weight is 314 g/mol. The summed E-state index contributed by atoms with van der Waals surface area (Å²) in [6, 6.07) is 6.83. The molecular weight excluding hydrogens is 294 g/mol. The number of esters is 1. The van der Waals surface area contributed by atoms with Gasteiger partial charge in [-0.25, -0.2) is 0 Å². The third-order valence-electron chi connectivity index (χ3n) is 3.05. The molecule has 1 aromatic carbocycles. The van der Waals surface area contributed by atoms with Gasteiger partial charge in [0.05, 0.1) is 30.2 Å². The molecule has 0 bridgehead atoms. The van der Waals surface area contributed by atoms with Gasteiger partial charge in [-0.1, -0.05) is 30.7 Å². The van der Waals surface area contributed by atoms with Crippen molar-refractivity contribution >= 4 is 23.5 Å². The topological polar surface area (TPSA) is 55.8 Å². The summed E-state index contributed by atoms with van der Waals surface area (Å²) in [4.78, 5) is 25.6. The molecule has 0 N–H and O–H groups in total. The molecule has 0 spiro atoms. The summed E-state index contributed by atoms with van der Waals surface area (Å²) in [6.07, 6.45) is 0. The summed E-state index contributed by atoms with van der Waals surface area (Å²) in [6.45, 7) is 2.72. The zero-order valence-corrected chi connectivity index (χ0v) is 13.2. The Hall–Kier alpha value is -1.59. The fourth-order valence-corrected chi connectivity index (χ4v) is 2.11. The Kier molecular flexibility index (Phi) is 7.19. The average Bonchev–Trinajstić information content (AvgIpc) is 2.50. The molecule has 1 atom stereocenters. The number of rotatable bonds is 7. The molecule has 0 aliphatic carbocycles. The van der Waals surface area contributed by atoms with Crippen LogP contribution in [0.2, 0.25) is 5.02 Å². The second-order valence-electron chi connectivity index (χ2n) is 4.65. The van der Waals surface area contributed by atoms with Crippen molar-refractivity contribution in [1.29, 1.82) is 0 Å². The second-order valence-corrected chi connectivity index (χ2v) is 5.06. The van der Waals surface area contributed by atoms with Gasteiger partial charge in [0.1, 0.15) is 0 Å². The van der Waals surface area contributed by atoms with Gasteiger partial charge >= 0.3 is 5.97 Å². The van der Waals surface area contributed by atoms with Gasteiger partial charge in [0.25, 0.3) is 5.91 Å². The van der Waals surface area contributed by atoms with E-state index in [1.165, 1.54) is 7.11 Å². The highest BCUT2D eigenvalue weighted by Gasteiger charge is 2.23. The van der Waals surface area contributed by atoms with Crippen LogP contribution in [-0.2, 0) is 14.3 Å². The zero-order valence-electron chi connectivity index (χ0n) is 12.5. The van der Waals surface area contributed by atoms with E-state index in [0.29, 0.717) is 23.7 Å². The summed E-state index contributed by atoms with van der Waals surface area (Å²) in [5.41, 5.74) is 0.410. The van der Waals surface area contributed by atoms with Crippen molar-refractivity contribution in [3.8, 4) is 0 Å². The number of amides is 1. The molecule has 1 amide bonds. The van der Waals surface area contributed by atoms with Crippen molar-refractivity contribution in [3.05, 3.63) is 34.9 Å². The molecule has 21 heavy (non-hydrogen) atoms. The van der Waals surface area contributed by atoms with Gasteiger partial charge in [-0.05, 0) is 12.1 Å². The molecule has 1 aromatic rings. The Labute approximate surface area is 129 Å². The van der Waals surface area contributed by atoms with E-state index in [1.807, 2.05) is 0 Å². The monoisotopic (exact) mass is 313 g/mol. The lowest BCUT2D eigenvalue weighted by atomic mass is 10.1. The van der Waals surface area contributed by atoms with Crippen molar-refractivity contribution < 1.29 is 19.1 Å². The van der Waals surface area contributed by atoms with Gasteiger partial charge in [-0.2, -0.15) is 0 Å². The first-order valence-electron chi connectivity index (χ1n) is 6.61. The van der Waals surface area contributed by atoms with Crippen molar-refractivity contribution in [2.24, 2.45) is 5.92 Å². The quantitative estimate of drug-likeness (QED) is 0.724. The highest BCUT2D eigenvalue weighted by molar-refractivity contribution is 6.33. The molecule has 116 valence electrons. The Bertz CT molecular complexity index is 492. The molecule has 0 fully saturated rings. The number of hydrogen-bond donors (Lipinski definition) is 0. The van der Waals surface area contributed by atoms with E-state index in [-0.39, 0.29) is 18.4 Å². The summed E-state index contributed by atoms with van der Waals surface area (Å²) in [5.74, 6) is -1.00. The van der Waals surface area contributed by atoms with Crippen LogP contribution in [0.1, 0.15) is 17.3 Å². The number of carbonyl (C=O) groups excluding carboxylic acids is 2. The highest BCUT2D eigenvalue weighted by atomic mass is 35.5. The standard InChI is InChI=1S/C15H20ClNO4/c1-11(15(19)21-3)10-17(8-9-20-2)14(18)12-6-4-5-7-13(12)16/h4-7,11H,8-10H2,1-3H3. The molecule has 0 aromatic heterocycles. The number of benzene rings is 1. The van der Waals surface area contributed by atoms with E-state index in [0.717, 1.165) is 0 Å². The first-order chi connectivity index (χ1) is 10.0. The van der Waals surface area contributed by atoms with Crippen LogP contribution in [0.4, 0.5) is 0 Å². The van der Waals surface area contributed by atoms with Crippen LogP contribution in [-0.4, -0.2) is 50.7 Å². The molecule has 6 heteroatoms. The zero-order chi connectivity index (χ0) is 15.8. The third kappa shape index (κ3) is 5.02. The van der Waals surface area contributed by atoms with Gasteiger partial charge < -0.3 is 14.4 Å². The van der Waals surface area contributed by atoms with E-state index < -0.39 is 5.92 Å². The molecule has 0 saturated carbocycles. The number of ether oxygens (including phenoxy) is 2. The summed E-state index contributed by atoms with van der Waals surface area (Å²) >= 11 is 6.05. The Morgan fingerprint density at radius 3 is 2.52 bits per heavy atom. The fourth-order valence-electron chi connectivity index (χ4n) is 1.89. The van der Waals surface area contributed by atoms with E-state index >= 15 is 0 Å². The van der Waals surface area contributed by atoms with Gasteiger partial charge in [0.2, 0.25) is 0 Å². The van der Waals surface area contributed by atoms with E-state index in [2.05, 4.69) is 0 Å². The van der Waals surface area contributed by atoms with Crippen molar-refractivity contribution in [1.82, 2.24) is 4.90 Å². The first kappa shape index (κ1) is 17.5. The molecule has 0 heterocycles. The lowest BCUT2D eigenvalue weighted by Crippen LogP contribution is -2.39. The number of nitrogens with zero attached hydrogens (tertiary/aromatic N) is 1. The van der Waals surface area contributed by atoms with Gasteiger partial charge in [0, 0.05) is 20.2 Å². The minimum atomic E-state index is -0.418. The maximum atomic E-state index is 12.6. The van der Waals surface area contributed by atoms with Crippen molar-refractivity contribution in [3.63, 3.8) is 0 Å². The summed E-state index contributed by atoms with van der Waals surface area (Å²) in [7, 11) is 2.89. The maximum Gasteiger partial charge on any atom is 0.310 e. The molecule has 5 nitrogen and oxygen atoms in total. The van der Waals surface area contributed by atoms with Crippen molar-refractivity contribution in [2.45, 2.75) is 6.92 Å². The van der Waals surface area contributed by atoms with Crippen LogP contribution in [0, 0.1) is 5.92 Å². The number of methoxy groups -OCH3 is 2. The number of halogens is 1. The SMILES string of the molecule is COCCN(CC(C)C(=O)OC)C(=O)c1ccccc1Cl. The van der Waals surface area contributed by atoms with Crippen LogP contribution >= 0.6 is 11.6 Å². The minimum Gasteiger partial charge on any atom is -0.469 e. The van der Waals surface area contributed by atoms with E-state index in [4.69, 9.17) is 21.1 Å². The lowest BCUT2D eigenvalue weighted by molar-refractivity contribution is -0.145. The predicted molar refractivity (Wildman–Crippen MR) is 80.4 cm³/mol. The molecule has 0 radical (unpaired) electrons. The summed E-state index contributed by atoms with van der Waals surface area (Å²) < 4.78 is 9.71. The van der Waals surface area contributed by atoms with Gasteiger partial charge in [-0.15, -0.1) is 0 Å². The normalized spacial score (nSPS) is 11.8. The van der Waals surface area contributed by atoms with Gasteiger partial charge in [-0.3, -0.25) is 9.59 Å². The fraction of sp³-hybridized carbons (Fsp3) is 0.467. The van der Waals surface area contributed by atoms with E-state index in [9.17, 15) is 9.59 Å². The van der Waals surface area contributed by atoms with Crippen molar-refractivity contribution in [2.75, 3.05) is 33.9 Å². The molecule has 1 rings (SSSR count). The van der Waals surface area contributed by atoms with Crippen LogP contribution in [0.3, 0.4) is 0 Å². The van der Waals surface area contributed by atoms with Crippen LogP contribution < -0.4 is 0 Å². The lowest BCUT2D eigenvalue weighted by Gasteiger charge is -2.25. The Morgan fingerprint density at radius 2 is 1.95 bits per heavy atom. The Balaban J connectivity index is 2.89. The first-order valence-corrected chi connectivity index (χ1v) is 6.99. The molecular formula is C15H20ClNO4. The smallest absolute Gasteiger partial charge is 0.310 e. The Morgan fingerprint density at radius 1 is 1.29 bits per heavy atom. The van der Waals surface area contributed by atoms with Crippen LogP contribution in [0.5, 0.6) is 0 Å². The van der Waals surface area contributed by atoms with Crippen LogP contribution in [0.25, 0.3) is 0 Å². The number of hydrogen-bond acceptors (Lipinski definition) is 4. The van der Waals surface area contributed by atoms with E-state index in [1.54, 1.807) is 43.2 Å². The molecule has 0 aliphatic heterocycles. The number of carbonyl (C=O) groups is 2.